The number of aromatic nitrogens is 3. The van der Waals surface area contributed by atoms with Crippen LogP contribution in [0.5, 0.6) is 0 Å². The molecule has 2 N–H and O–H groups in total. The highest BCUT2D eigenvalue weighted by molar-refractivity contribution is 7.99. The number of carbonyl (C=O) groups excluding carboxylic acids is 1. The largest absolute Gasteiger partial charge is 0.378 e. The van der Waals surface area contributed by atoms with Gasteiger partial charge in [-0.1, -0.05) is 30.8 Å². The fourth-order valence-electron chi connectivity index (χ4n) is 3.63. The van der Waals surface area contributed by atoms with Crippen molar-refractivity contribution in [3.05, 3.63) is 65.7 Å². The Morgan fingerprint density at radius 1 is 1.15 bits per heavy atom. The summed E-state index contributed by atoms with van der Waals surface area (Å²) in [7, 11) is 0. The van der Waals surface area contributed by atoms with Gasteiger partial charge in [0.15, 0.2) is 11.0 Å². The van der Waals surface area contributed by atoms with E-state index in [1.807, 2.05) is 28.8 Å². The molecule has 1 unspecified atom stereocenters. The molecule has 1 aromatic heterocycles. The van der Waals surface area contributed by atoms with Crippen molar-refractivity contribution >= 4 is 29.0 Å². The van der Waals surface area contributed by atoms with Gasteiger partial charge in [0.1, 0.15) is 5.82 Å². The van der Waals surface area contributed by atoms with Gasteiger partial charge in [-0.3, -0.25) is 4.79 Å². The minimum Gasteiger partial charge on any atom is -0.378 e. The number of aryl methyl sites for hydroxylation is 1. The van der Waals surface area contributed by atoms with Crippen molar-refractivity contribution in [2.75, 3.05) is 23.0 Å². The Labute approximate surface area is 197 Å². The van der Waals surface area contributed by atoms with Gasteiger partial charge in [0.25, 0.3) is 0 Å². The predicted octanol–water partition coefficient (Wildman–Crippen LogP) is 4.50. The first-order valence-electron chi connectivity index (χ1n) is 11.2. The monoisotopic (exact) mass is 469 g/mol. The summed E-state index contributed by atoms with van der Waals surface area (Å²) in [6.45, 7) is 3.93. The molecule has 2 heterocycles. The van der Waals surface area contributed by atoms with E-state index in [1.54, 1.807) is 12.1 Å². The van der Waals surface area contributed by atoms with Crippen LogP contribution in [0.15, 0.2) is 53.7 Å². The molecule has 0 bridgehead atoms. The summed E-state index contributed by atoms with van der Waals surface area (Å²) in [6, 6.07) is 14.1. The zero-order chi connectivity index (χ0) is 23.0. The van der Waals surface area contributed by atoms with Crippen LogP contribution < -0.4 is 10.6 Å². The zero-order valence-corrected chi connectivity index (χ0v) is 19.4. The summed E-state index contributed by atoms with van der Waals surface area (Å²) in [5, 5.41) is 15.5. The molecule has 2 aromatic carbocycles. The first kappa shape index (κ1) is 23.3. The Balaban J connectivity index is 1.39. The Morgan fingerprint density at radius 2 is 1.91 bits per heavy atom. The second-order valence-corrected chi connectivity index (χ2v) is 8.83. The van der Waals surface area contributed by atoms with E-state index in [0.717, 1.165) is 43.1 Å². The molecule has 1 atom stereocenters. The van der Waals surface area contributed by atoms with Crippen molar-refractivity contribution in [1.82, 2.24) is 14.8 Å². The third kappa shape index (κ3) is 6.55. The quantitative estimate of drug-likeness (QED) is 0.426. The molecule has 4 rings (SSSR count). The molecule has 7 nitrogen and oxygen atoms in total. The topological polar surface area (TPSA) is 81.1 Å². The van der Waals surface area contributed by atoms with Crippen molar-refractivity contribution in [2.24, 2.45) is 0 Å². The summed E-state index contributed by atoms with van der Waals surface area (Å²) in [4.78, 5) is 12.5. The van der Waals surface area contributed by atoms with Gasteiger partial charge in [0.2, 0.25) is 5.91 Å². The molecule has 0 saturated carbocycles. The van der Waals surface area contributed by atoms with Gasteiger partial charge >= 0.3 is 0 Å². The van der Waals surface area contributed by atoms with Gasteiger partial charge in [0, 0.05) is 18.0 Å². The number of halogens is 1. The molecule has 1 saturated heterocycles. The minimum absolute atomic E-state index is 0.0955. The molecular formula is C24H28FN5O2S. The summed E-state index contributed by atoms with van der Waals surface area (Å²) in [6.07, 6.45) is 3.10. The lowest BCUT2D eigenvalue weighted by atomic mass is 10.1. The van der Waals surface area contributed by atoms with Crippen LogP contribution in [-0.2, 0) is 29.0 Å². The van der Waals surface area contributed by atoms with Crippen molar-refractivity contribution in [3.8, 4) is 0 Å². The number of ether oxygens (including phenoxy) is 1. The minimum atomic E-state index is -0.277. The van der Waals surface area contributed by atoms with Gasteiger partial charge in [-0.2, -0.15) is 0 Å². The van der Waals surface area contributed by atoms with Crippen LogP contribution in [0.4, 0.5) is 15.8 Å². The van der Waals surface area contributed by atoms with Gasteiger partial charge in [0.05, 0.1) is 24.9 Å². The lowest BCUT2D eigenvalue weighted by molar-refractivity contribution is -0.113. The highest BCUT2D eigenvalue weighted by Crippen LogP contribution is 2.22. The lowest BCUT2D eigenvalue weighted by Gasteiger charge is -2.15. The molecule has 0 radical (unpaired) electrons. The highest BCUT2D eigenvalue weighted by atomic mass is 32.2. The van der Waals surface area contributed by atoms with Crippen molar-refractivity contribution < 1.29 is 13.9 Å². The van der Waals surface area contributed by atoms with Crippen molar-refractivity contribution in [3.63, 3.8) is 0 Å². The second-order valence-electron chi connectivity index (χ2n) is 7.89. The third-order valence-corrected chi connectivity index (χ3v) is 6.44. The molecule has 1 fully saturated rings. The highest BCUT2D eigenvalue weighted by Gasteiger charge is 2.21. The molecule has 3 aromatic rings. The second kappa shape index (κ2) is 11.3. The van der Waals surface area contributed by atoms with E-state index in [2.05, 4.69) is 27.8 Å². The summed E-state index contributed by atoms with van der Waals surface area (Å²) in [5.74, 6) is 0.597. The van der Waals surface area contributed by atoms with E-state index in [0.29, 0.717) is 18.2 Å². The fourth-order valence-corrected chi connectivity index (χ4v) is 4.40. The van der Waals surface area contributed by atoms with Crippen LogP contribution in [0, 0.1) is 5.82 Å². The number of hydrogen-bond donors (Lipinski definition) is 2. The van der Waals surface area contributed by atoms with E-state index < -0.39 is 0 Å². The average molecular weight is 470 g/mol. The maximum Gasteiger partial charge on any atom is 0.234 e. The Morgan fingerprint density at radius 3 is 2.61 bits per heavy atom. The van der Waals surface area contributed by atoms with Crippen LogP contribution >= 0.6 is 11.8 Å². The number of anilines is 2. The number of thioether (sulfide) groups is 1. The number of hydrogen-bond acceptors (Lipinski definition) is 6. The molecule has 1 aliphatic heterocycles. The molecule has 33 heavy (non-hydrogen) atoms. The molecule has 9 heteroatoms. The fraction of sp³-hybridized carbons (Fsp3) is 0.375. The standard InChI is InChI=1S/C24H28FN5O2S/c1-2-17-5-9-20(10-6-17)27-23(31)16-33-24-29-28-22(30(24)15-21-4-3-13-32-21)14-26-19-11-7-18(25)8-12-19/h5-12,21,26H,2-4,13-16H2,1H3,(H,27,31). The molecule has 0 spiro atoms. The van der Waals surface area contributed by atoms with E-state index >= 15 is 0 Å². The Hall–Kier alpha value is -2.91. The van der Waals surface area contributed by atoms with E-state index in [4.69, 9.17) is 4.74 Å². The first-order chi connectivity index (χ1) is 16.1. The number of amides is 1. The number of benzene rings is 2. The van der Waals surface area contributed by atoms with Crippen LogP contribution in [0.25, 0.3) is 0 Å². The lowest BCUT2D eigenvalue weighted by Crippen LogP contribution is -2.20. The number of nitrogens with one attached hydrogen (secondary N) is 2. The number of rotatable bonds is 10. The third-order valence-electron chi connectivity index (χ3n) is 5.48. The Bertz CT molecular complexity index is 1050. The molecular weight excluding hydrogens is 441 g/mol. The van der Waals surface area contributed by atoms with Crippen LogP contribution in [0.2, 0.25) is 0 Å². The smallest absolute Gasteiger partial charge is 0.234 e. The maximum atomic E-state index is 13.2. The normalized spacial score (nSPS) is 15.5. The molecule has 0 aliphatic carbocycles. The van der Waals surface area contributed by atoms with Gasteiger partial charge < -0.3 is 19.9 Å². The number of nitrogens with zero attached hydrogens (tertiary/aromatic N) is 3. The summed E-state index contributed by atoms with van der Waals surface area (Å²) >= 11 is 1.35. The summed E-state index contributed by atoms with van der Waals surface area (Å²) < 4.78 is 21.0. The van der Waals surface area contributed by atoms with Crippen molar-refractivity contribution in [1.29, 1.82) is 0 Å². The molecule has 1 aliphatic rings. The zero-order valence-electron chi connectivity index (χ0n) is 18.6. The van der Waals surface area contributed by atoms with Gasteiger partial charge in [-0.05, 0) is 61.2 Å². The van der Waals surface area contributed by atoms with E-state index in [9.17, 15) is 9.18 Å². The van der Waals surface area contributed by atoms with E-state index in [-0.39, 0.29) is 23.6 Å². The van der Waals surface area contributed by atoms with Crippen molar-refractivity contribution in [2.45, 2.75) is 50.5 Å². The van der Waals surface area contributed by atoms with Crippen LogP contribution in [-0.4, -0.2) is 39.1 Å². The molecule has 1 amide bonds. The van der Waals surface area contributed by atoms with Crippen LogP contribution in [0.3, 0.4) is 0 Å². The summed E-state index contributed by atoms with van der Waals surface area (Å²) in [5.41, 5.74) is 2.81. The average Bonchev–Trinajstić information content (AvgIpc) is 3.48. The Kier molecular flexibility index (Phi) is 7.96. The predicted molar refractivity (Wildman–Crippen MR) is 128 cm³/mol. The number of carbonyl (C=O) groups is 1. The maximum absolute atomic E-state index is 13.2. The van der Waals surface area contributed by atoms with Crippen LogP contribution in [0.1, 0.15) is 31.2 Å². The van der Waals surface area contributed by atoms with Gasteiger partial charge in [-0.15, -0.1) is 10.2 Å². The van der Waals surface area contributed by atoms with Gasteiger partial charge in [-0.25, -0.2) is 4.39 Å². The SMILES string of the molecule is CCc1ccc(NC(=O)CSc2nnc(CNc3ccc(F)cc3)n2CC2CCCO2)cc1. The molecule has 174 valence electrons. The first-order valence-corrected chi connectivity index (χ1v) is 12.1. The van der Waals surface area contributed by atoms with E-state index in [1.165, 1.54) is 29.5 Å².